The van der Waals surface area contributed by atoms with Gasteiger partial charge < -0.3 is 9.84 Å². The molecule has 0 aromatic heterocycles. The smallest absolute Gasteiger partial charge is 0.377 e. The molecule has 0 aromatic rings. The lowest BCUT2D eigenvalue weighted by Gasteiger charge is -2.23. The lowest BCUT2D eigenvalue weighted by atomic mass is 10.4. The van der Waals surface area contributed by atoms with Crippen LogP contribution in [0.3, 0.4) is 0 Å². The summed E-state index contributed by atoms with van der Waals surface area (Å²) in [5.41, 5.74) is 0. The number of hydrogen-bond donors (Lipinski definition) is 1. The Labute approximate surface area is 73.1 Å². The number of hydrogen-bond acceptors (Lipinski definition) is 6. The molecular weight excluding hydrogens is 178 g/mol. The highest BCUT2D eigenvalue weighted by molar-refractivity contribution is 5.77. The number of fused-ring (bicyclic) bond motifs is 1. The van der Waals surface area contributed by atoms with Gasteiger partial charge in [0.05, 0.1) is 11.5 Å². The Morgan fingerprint density at radius 1 is 1.85 bits per heavy atom. The molecule has 7 nitrogen and oxygen atoms in total. The van der Waals surface area contributed by atoms with Crippen molar-refractivity contribution in [1.82, 2.24) is 4.90 Å². The monoisotopic (exact) mass is 185 g/mol. The number of aliphatic hydroxyl groups is 1. The lowest BCUT2D eigenvalue weighted by Crippen LogP contribution is -2.40. The van der Waals surface area contributed by atoms with Gasteiger partial charge in [-0.1, -0.05) is 0 Å². The Morgan fingerprint density at radius 2 is 2.62 bits per heavy atom. The zero-order chi connectivity index (χ0) is 9.42. The summed E-state index contributed by atoms with van der Waals surface area (Å²) in [4.78, 5) is 14.9. The number of nitro groups is 1. The van der Waals surface area contributed by atoms with Gasteiger partial charge >= 0.3 is 6.23 Å². The maximum Gasteiger partial charge on any atom is 0.377 e. The van der Waals surface area contributed by atoms with Crippen molar-refractivity contribution in [1.29, 1.82) is 0 Å². The first-order chi connectivity index (χ1) is 6.18. The van der Waals surface area contributed by atoms with E-state index >= 15 is 0 Å². The van der Waals surface area contributed by atoms with Gasteiger partial charge in [-0.2, -0.15) is 0 Å². The van der Waals surface area contributed by atoms with Crippen LogP contribution >= 0.6 is 0 Å². The SMILES string of the molecule is O=[N+]([O-])[C@H]1C=CN2C(=NCC2O)O1. The first kappa shape index (κ1) is 7.99. The molecule has 70 valence electrons. The van der Waals surface area contributed by atoms with Crippen molar-refractivity contribution >= 4 is 6.02 Å². The predicted octanol–water partition coefficient (Wildman–Crippen LogP) is -0.877. The van der Waals surface area contributed by atoms with Gasteiger partial charge in [0.15, 0.2) is 6.23 Å². The van der Waals surface area contributed by atoms with Crippen LogP contribution in [0.25, 0.3) is 0 Å². The van der Waals surface area contributed by atoms with E-state index in [-0.39, 0.29) is 12.6 Å². The average molecular weight is 185 g/mol. The molecule has 0 aliphatic carbocycles. The van der Waals surface area contributed by atoms with Crippen LogP contribution in [0.5, 0.6) is 0 Å². The third kappa shape index (κ3) is 1.22. The van der Waals surface area contributed by atoms with Gasteiger partial charge in [-0.15, -0.1) is 0 Å². The van der Waals surface area contributed by atoms with Crippen LogP contribution in [-0.4, -0.2) is 40.0 Å². The summed E-state index contributed by atoms with van der Waals surface area (Å²) in [5, 5.41) is 19.6. The summed E-state index contributed by atoms with van der Waals surface area (Å²) in [6, 6.07) is 0.108. The van der Waals surface area contributed by atoms with Crippen molar-refractivity contribution < 1.29 is 14.8 Å². The molecule has 0 saturated carbocycles. The van der Waals surface area contributed by atoms with Crippen molar-refractivity contribution in [2.75, 3.05) is 6.54 Å². The van der Waals surface area contributed by atoms with Crippen molar-refractivity contribution in [3.63, 3.8) is 0 Å². The van der Waals surface area contributed by atoms with E-state index < -0.39 is 17.4 Å². The Bertz CT molecular complexity index is 300. The molecule has 0 amide bonds. The molecule has 1 unspecified atom stereocenters. The number of ether oxygens (including phenoxy) is 1. The third-order valence-corrected chi connectivity index (χ3v) is 1.78. The normalized spacial score (nSPS) is 30.8. The van der Waals surface area contributed by atoms with Crippen molar-refractivity contribution in [2.45, 2.75) is 12.5 Å². The molecule has 0 bridgehead atoms. The molecule has 2 aliphatic rings. The Hall–Kier alpha value is -1.63. The van der Waals surface area contributed by atoms with Crippen molar-refractivity contribution in [3.8, 4) is 0 Å². The minimum absolute atomic E-state index is 0.108. The van der Waals surface area contributed by atoms with Crippen LogP contribution in [0.1, 0.15) is 0 Å². The highest BCUT2D eigenvalue weighted by atomic mass is 16.7. The molecule has 7 heteroatoms. The fourth-order valence-corrected chi connectivity index (χ4v) is 1.15. The van der Waals surface area contributed by atoms with Gasteiger partial charge in [-0.05, 0) is 0 Å². The summed E-state index contributed by atoms with van der Waals surface area (Å²) in [5.74, 6) is 0. The van der Waals surface area contributed by atoms with Crippen LogP contribution in [0.15, 0.2) is 17.3 Å². The van der Waals surface area contributed by atoms with Crippen LogP contribution < -0.4 is 0 Å². The summed E-state index contributed by atoms with van der Waals surface area (Å²) in [6.45, 7) is 0.185. The van der Waals surface area contributed by atoms with Gasteiger partial charge in [-0.25, -0.2) is 4.99 Å². The summed E-state index contributed by atoms with van der Waals surface area (Å²) < 4.78 is 4.87. The zero-order valence-corrected chi connectivity index (χ0v) is 6.53. The van der Waals surface area contributed by atoms with Gasteiger partial charge in [0, 0.05) is 12.3 Å². The van der Waals surface area contributed by atoms with Crippen LogP contribution in [0.2, 0.25) is 0 Å². The van der Waals surface area contributed by atoms with Crippen LogP contribution in [0.4, 0.5) is 0 Å². The topological polar surface area (TPSA) is 88.2 Å². The van der Waals surface area contributed by atoms with E-state index in [2.05, 4.69) is 4.99 Å². The molecule has 2 rings (SSSR count). The van der Waals surface area contributed by atoms with Gasteiger partial charge in [0.25, 0.3) is 6.02 Å². The fourth-order valence-electron chi connectivity index (χ4n) is 1.15. The standard InChI is InChI=1S/C6H7N3O4/c10-4-3-7-6-8(4)2-1-5(13-6)9(11)12/h1-2,4-5,10H,3H2/t4?,5-/m1/s1. The molecular formula is C6H7N3O4. The number of aliphatic imine (C=N–C) groups is 1. The first-order valence-corrected chi connectivity index (χ1v) is 3.68. The molecule has 0 radical (unpaired) electrons. The second-order valence-corrected chi connectivity index (χ2v) is 2.65. The number of nitrogens with zero attached hydrogens (tertiary/aromatic N) is 3. The number of aliphatic hydroxyl groups excluding tert-OH is 1. The third-order valence-electron chi connectivity index (χ3n) is 1.78. The first-order valence-electron chi connectivity index (χ1n) is 3.68. The summed E-state index contributed by atoms with van der Waals surface area (Å²) >= 11 is 0. The highest BCUT2D eigenvalue weighted by Gasteiger charge is 2.34. The molecule has 0 fully saturated rings. The van der Waals surface area contributed by atoms with E-state index in [4.69, 9.17) is 4.74 Å². The molecule has 13 heavy (non-hydrogen) atoms. The molecule has 1 N–H and O–H groups in total. The lowest BCUT2D eigenvalue weighted by molar-refractivity contribution is -0.552. The average Bonchev–Trinajstić information content (AvgIpc) is 2.47. The molecule has 2 atom stereocenters. The van der Waals surface area contributed by atoms with E-state index in [0.717, 1.165) is 0 Å². The van der Waals surface area contributed by atoms with Gasteiger partial charge in [0.1, 0.15) is 0 Å². The van der Waals surface area contributed by atoms with E-state index in [1.807, 2.05) is 0 Å². The Kier molecular flexibility index (Phi) is 1.66. The molecule has 2 heterocycles. The fraction of sp³-hybridized carbons (Fsp3) is 0.500. The summed E-state index contributed by atoms with van der Waals surface area (Å²) in [7, 11) is 0. The maximum absolute atomic E-state index is 10.3. The van der Waals surface area contributed by atoms with E-state index in [1.54, 1.807) is 0 Å². The molecule has 2 aliphatic heterocycles. The number of rotatable bonds is 1. The van der Waals surface area contributed by atoms with E-state index in [9.17, 15) is 15.2 Å². The van der Waals surface area contributed by atoms with E-state index in [0.29, 0.717) is 0 Å². The predicted molar refractivity (Wildman–Crippen MR) is 41.2 cm³/mol. The minimum atomic E-state index is -1.19. The van der Waals surface area contributed by atoms with E-state index in [1.165, 1.54) is 17.2 Å². The zero-order valence-electron chi connectivity index (χ0n) is 6.53. The molecule has 0 saturated heterocycles. The second kappa shape index (κ2) is 2.70. The Balaban J connectivity index is 2.18. The second-order valence-electron chi connectivity index (χ2n) is 2.65. The maximum atomic E-state index is 10.3. The molecule has 0 spiro atoms. The quantitative estimate of drug-likeness (QED) is 0.423. The van der Waals surface area contributed by atoms with Gasteiger partial charge in [-0.3, -0.25) is 15.0 Å². The molecule has 0 aromatic carbocycles. The summed E-state index contributed by atoms with van der Waals surface area (Å²) in [6.07, 6.45) is 0.709. The van der Waals surface area contributed by atoms with Crippen LogP contribution in [0, 0.1) is 10.1 Å². The minimum Gasteiger partial charge on any atom is -0.394 e. The van der Waals surface area contributed by atoms with Crippen LogP contribution in [-0.2, 0) is 4.74 Å². The Morgan fingerprint density at radius 3 is 3.31 bits per heavy atom. The van der Waals surface area contributed by atoms with Gasteiger partial charge in [0.2, 0.25) is 0 Å². The number of amidine groups is 1. The highest BCUT2D eigenvalue weighted by Crippen LogP contribution is 2.16. The van der Waals surface area contributed by atoms with Crippen molar-refractivity contribution in [3.05, 3.63) is 22.4 Å². The van der Waals surface area contributed by atoms with Crippen molar-refractivity contribution in [2.24, 2.45) is 4.99 Å². The largest absolute Gasteiger partial charge is 0.394 e.